The van der Waals surface area contributed by atoms with Crippen LogP contribution < -0.4 is 4.74 Å². The van der Waals surface area contributed by atoms with Crippen molar-refractivity contribution in [1.29, 1.82) is 0 Å². The van der Waals surface area contributed by atoms with E-state index in [1.54, 1.807) is 19.3 Å². The molecule has 1 heterocycles. The molecule has 0 aliphatic heterocycles. The first-order valence-corrected chi connectivity index (χ1v) is 5.55. The van der Waals surface area contributed by atoms with Gasteiger partial charge >= 0.3 is 0 Å². The van der Waals surface area contributed by atoms with E-state index in [1.165, 1.54) is 0 Å². The van der Waals surface area contributed by atoms with Crippen molar-refractivity contribution in [1.82, 2.24) is 4.98 Å². The molecule has 3 heteroatoms. The van der Waals surface area contributed by atoms with Crippen molar-refractivity contribution in [2.24, 2.45) is 0 Å². The van der Waals surface area contributed by atoms with Gasteiger partial charge in [-0.1, -0.05) is 18.2 Å². The van der Waals surface area contributed by atoms with E-state index in [-0.39, 0.29) is 0 Å². The SMILES string of the molecule is CC(O)c1ccc(OCc2cccnc2)cc1. The minimum Gasteiger partial charge on any atom is -0.489 e. The summed E-state index contributed by atoms with van der Waals surface area (Å²) in [4.78, 5) is 4.02. The molecular formula is C14H15NO2. The van der Waals surface area contributed by atoms with E-state index in [0.29, 0.717) is 6.61 Å². The van der Waals surface area contributed by atoms with Crippen molar-refractivity contribution in [2.45, 2.75) is 19.6 Å². The molecule has 1 aromatic carbocycles. The maximum atomic E-state index is 9.37. The van der Waals surface area contributed by atoms with Crippen LogP contribution in [0.25, 0.3) is 0 Å². The number of benzene rings is 1. The Kier molecular flexibility index (Phi) is 3.73. The fourth-order valence-corrected chi connectivity index (χ4v) is 1.49. The summed E-state index contributed by atoms with van der Waals surface area (Å²) >= 11 is 0. The number of nitrogens with zero attached hydrogens (tertiary/aromatic N) is 1. The van der Waals surface area contributed by atoms with Crippen LogP contribution in [0.15, 0.2) is 48.8 Å². The molecule has 0 radical (unpaired) electrons. The van der Waals surface area contributed by atoms with Gasteiger partial charge in [0.1, 0.15) is 12.4 Å². The molecule has 0 saturated heterocycles. The fraction of sp³-hybridized carbons (Fsp3) is 0.214. The number of rotatable bonds is 4. The second-order valence-electron chi connectivity index (χ2n) is 3.89. The lowest BCUT2D eigenvalue weighted by molar-refractivity contribution is 0.199. The fourth-order valence-electron chi connectivity index (χ4n) is 1.49. The van der Waals surface area contributed by atoms with Gasteiger partial charge in [-0.3, -0.25) is 4.98 Å². The Morgan fingerprint density at radius 1 is 1.24 bits per heavy atom. The van der Waals surface area contributed by atoms with E-state index >= 15 is 0 Å². The van der Waals surface area contributed by atoms with Gasteiger partial charge in [0.2, 0.25) is 0 Å². The third-order valence-electron chi connectivity index (χ3n) is 2.49. The highest BCUT2D eigenvalue weighted by molar-refractivity contribution is 5.28. The van der Waals surface area contributed by atoms with Crippen LogP contribution in [0.5, 0.6) is 5.75 Å². The van der Waals surface area contributed by atoms with Gasteiger partial charge in [0.05, 0.1) is 6.10 Å². The molecule has 0 aliphatic rings. The molecule has 1 atom stereocenters. The van der Waals surface area contributed by atoms with Crippen LogP contribution in [0, 0.1) is 0 Å². The Labute approximate surface area is 101 Å². The minimum absolute atomic E-state index is 0.442. The molecule has 2 rings (SSSR count). The zero-order chi connectivity index (χ0) is 12.1. The molecule has 0 bridgehead atoms. The summed E-state index contributed by atoms with van der Waals surface area (Å²) < 4.78 is 5.61. The zero-order valence-corrected chi connectivity index (χ0v) is 9.71. The van der Waals surface area contributed by atoms with Crippen LogP contribution >= 0.6 is 0 Å². The van der Waals surface area contributed by atoms with E-state index in [9.17, 15) is 5.11 Å². The van der Waals surface area contributed by atoms with Crippen molar-refractivity contribution < 1.29 is 9.84 Å². The van der Waals surface area contributed by atoms with Gasteiger partial charge in [-0.15, -0.1) is 0 Å². The number of aliphatic hydroxyl groups excluding tert-OH is 1. The first kappa shape index (κ1) is 11.6. The average molecular weight is 229 g/mol. The van der Waals surface area contributed by atoms with Gasteiger partial charge in [0.15, 0.2) is 0 Å². The molecule has 0 aliphatic carbocycles. The summed E-state index contributed by atoms with van der Waals surface area (Å²) in [5.41, 5.74) is 1.92. The third-order valence-corrected chi connectivity index (χ3v) is 2.49. The molecule has 3 nitrogen and oxygen atoms in total. The van der Waals surface area contributed by atoms with Crippen molar-refractivity contribution in [3.63, 3.8) is 0 Å². The largest absolute Gasteiger partial charge is 0.489 e. The van der Waals surface area contributed by atoms with E-state index in [1.807, 2.05) is 36.4 Å². The Balaban J connectivity index is 1.96. The zero-order valence-electron chi connectivity index (χ0n) is 9.71. The van der Waals surface area contributed by atoms with Crippen molar-refractivity contribution >= 4 is 0 Å². The van der Waals surface area contributed by atoms with E-state index in [0.717, 1.165) is 16.9 Å². The van der Waals surface area contributed by atoms with Gasteiger partial charge in [0.25, 0.3) is 0 Å². The van der Waals surface area contributed by atoms with E-state index < -0.39 is 6.10 Å². The second-order valence-corrected chi connectivity index (χ2v) is 3.89. The minimum atomic E-state index is -0.442. The molecular weight excluding hydrogens is 214 g/mol. The molecule has 1 aromatic heterocycles. The number of aromatic nitrogens is 1. The summed E-state index contributed by atoms with van der Waals surface area (Å²) in [6.45, 7) is 2.24. The summed E-state index contributed by atoms with van der Waals surface area (Å²) in [6.07, 6.45) is 3.08. The highest BCUT2D eigenvalue weighted by Gasteiger charge is 2.00. The van der Waals surface area contributed by atoms with E-state index in [4.69, 9.17) is 4.74 Å². The highest BCUT2D eigenvalue weighted by Crippen LogP contribution is 2.18. The summed E-state index contributed by atoms with van der Waals surface area (Å²) in [7, 11) is 0. The van der Waals surface area contributed by atoms with Crippen LogP contribution in [-0.4, -0.2) is 10.1 Å². The third kappa shape index (κ3) is 3.29. The molecule has 88 valence electrons. The van der Waals surface area contributed by atoms with Gasteiger partial charge in [0, 0.05) is 18.0 Å². The van der Waals surface area contributed by atoms with Crippen LogP contribution in [-0.2, 0) is 6.61 Å². The Bertz CT molecular complexity index is 451. The predicted octanol–water partition coefficient (Wildman–Crippen LogP) is 2.71. The molecule has 0 amide bonds. The van der Waals surface area contributed by atoms with Crippen LogP contribution in [0.3, 0.4) is 0 Å². The molecule has 17 heavy (non-hydrogen) atoms. The molecule has 1 unspecified atom stereocenters. The van der Waals surface area contributed by atoms with Crippen molar-refractivity contribution in [3.8, 4) is 5.75 Å². The monoisotopic (exact) mass is 229 g/mol. The number of hydrogen-bond acceptors (Lipinski definition) is 3. The predicted molar refractivity (Wildman–Crippen MR) is 65.6 cm³/mol. The maximum absolute atomic E-state index is 9.37. The van der Waals surface area contributed by atoms with Gasteiger partial charge in [-0.05, 0) is 30.7 Å². The maximum Gasteiger partial charge on any atom is 0.119 e. The normalized spacial score (nSPS) is 12.1. The van der Waals surface area contributed by atoms with Crippen molar-refractivity contribution in [2.75, 3.05) is 0 Å². The lowest BCUT2D eigenvalue weighted by Crippen LogP contribution is -1.96. The van der Waals surface area contributed by atoms with Crippen molar-refractivity contribution in [3.05, 3.63) is 59.9 Å². The first-order valence-electron chi connectivity index (χ1n) is 5.55. The number of hydrogen-bond donors (Lipinski definition) is 1. The van der Waals surface area contributed by atoms with Gasteiger partial charge in [-0.2, -0.15) is 0 Å². The van der Waals surface area contributed by atoms with Crippen LogP contribution in [0.4, 0.5) is 0 Å². The summed E-state index contributed by atoms with van der Waals surface area (Å²) in [6, 6.07) is 11.3. The quantitative estimate of drug-likeness (QED) is 0.876. The molecule has 1 N–H and O–H groups in total. The molecule has 0 saturated carbocycles. The first-order chi connectivity index (χ1) is 8.25. The number of aliphatic hydroxyl groups is 1. The lowest BCUT2D eigenvalue weighted by Gasteiger charge is -2.08. The van der Waals surface area contributed by atoms with Crippen LogP contribution in [0.1, 0.15) is 24.2 Å². The molecule has 2 aromatic rings. The highest BCUT2D eigenvalue weighted by atomic mass is 16.5. The smallest absolute Gasteiger partial charge is 0.119 e. The Morgan fingerprint density at radius 3 is 2.59 bits per heavy atom. The lowest BCUT2D eigenvalue weighted by atomic mass is 10.1. The number of ether oxygens (including phenoxy) is 1. The summed E-state index contributed by atoms with van der Waals surface area (Å²) in [5, 5.41) is 9.37. The molecule has 0 fully saturated rings. The van der Waals surface area contributed by atoms with Gasteiger partial charge in [-0.25, -0.2) is 0 Å². The Hall–Kier alpha value is -1.87. The average Bonchev–Trinajstić information content (AvgIpc) is 2.38. The van der Waals surface area contributed by atoms with Crippen LogP contribution in [0.2, 0.25) is 0 Å². The summed E-state index contributed by atoms with van der Waals surface area (Å²) in [5.74, 6) is 0.790. The Morgan fingerprint density at radius 2 is 2.00 bits per heavy atom. The second kappa shape index (κ2) is 5.46. The molecule has 0 spiro atoms. The topological polar surface area (TPSA) is 42.4 Å². The standard InChI is InChI=1S/C14H15NO2/c1-11(16)13-4-6-14(7-5-13)17-10-12-3-2-8-15-9-12/h2-9,11,16H,10H2,1H3. The van der Waals surface area contributed by atoms with Gasteiger partial charge < -0.3 is 9.84 Å². The number of pyridine rings is 1. The van der Waals surface area contributed by atoms with E-state index in [2.05, 4.69) is 4.98 Å².